The first-order valence-electron chi connectivity index (χ1n) is 6.77. The highest BCUT2D eigenvalue weighted by atomic mass is 16.1. The lowest BCUT2D eigenvalue weighted by atomic mass is 10.1. The van der Waals surface area contributed by atoms with Crippen LogP contribution in [0.2, 0.25) is 0 Å². The maximum absolute atomic E-state index is 12.2. The van der Waals surface area contributed by atoms with Crippen LogP contribution in [0.3, 0.4) is 0 Å². The first kappa shape index (κ1) is 12.9. The Kier molecular flexibility index (Phi) is 4.24. The number of amides is 1. The van der Waals surface area contributed by atoms with E-state index in [0.717, 1.165) is 23.4 Å². The third kappa shape index (κ3) is 3.03. The van der Waals surface area contributed by atoms with Gasteiger partial charge in [0.15, 0.2) is 0 Å². The Labute approximate surface area is 109 Å². The molecule has 0 unspecified atom stereocenters. The van der Waals surface area contributed by atoms with Crippen molar-refractivity contribution in [1.29, 1.82) is 0 Å². The SMILES string of the molecule is CNc1ccc(C)cc1C(=O)NCC1CCCC1. The molecule has 3 nitrogen and oxygen atoms in total. The molecule has 1 aliphatic carbocycles. The summed E-state index contributed by atoms with van der Waals surface area (Å²) >= 11 is 0. The fourth-order valence-corrected chi connectivity index (χ4v) is 2.61. The number of aryl methyl sites for hydroxylation is 1. The Morgan fingerprint density at radius 2 is 2.06 bits per heavy atom. The number of carbonyl (C=O) groups excluding carboxylic acids is 1. The minimum absolute atomic E-state index is 0.0370. The molecule has 1 amide bonds. The summed E-state index contributed by atoms with van der Waals surface area (Å²) in [4.78, 5) is 12.2. The van der Waals surface area contributed by atoms with Crippen molar-refractivity contribution in [2.24, 2.45) is 5.92 Å². The second-order valence-corrected chi connectivity index (χ2v) is 5.16. The van der Waals surface area contributed by atoms with Gasteiger partial charge in [-0.25, -0.2) is 0 Å². The van der Waals surface area contributed by atoms with Gasteiger partial charge >= 0.3 is 0 Å². The van der Waals surface area contributed by atoms with Crippen LogP contribution in [0.15, 0.2) is 18.2 Å². The van der Waals surface area contributed by atoms with Crippen LogP contribution in [0.5, 0.6) is 0 Å². The van der Waals surface area contributed by atoms with Crippen molar-refractivity contribution < 1.29 is 4.79 Å². The summed E-state index contributed by atoms with van der Waals surface area (Å²) in [6.07, 6.45) is 5.14. The second kappa shape index (κ2) is 5.89. The smallest absolute Gasteiger partial charge is 0.253 e. The van der Waals surface area contributed by atoms with Crippen LogP contribution in [0.4, 0.5) is 5.69 Å². The Morgan fingerprint density at radius 3 is 2.72 bits per heavy atom. The maximum atomic E-state index is 12.2. The van der Waals surface area contributed by atoms with Gasteiger partial charge in [0.1, 0.15) is 0 Å². The molecular formula is C15H22N2O. The molecule has 0 heterocycles. The van der Waals surface area contributed by atoms with Gasteiger partial charge < -0.3 is 10.6 Å². The Bertz CT molecular complexity index is 423. The minimum atomic E-state index is 0.0370. The molecule has 98 valence electrons. The van der Waals surface area contributed by atoms with Crippen LogP contribution in [0.25, 0.3) is 0 Å². The van der Waals surface area contributed by atoms with Crippen LogP contribution in [-0.4, -0.2) is 19.5 Å². The van der Waals surface area contributed by atoms with E-state index in [1.54, 1.807) is 0 Å². The number of nitrogens with one attached hydrogen (secondary N) is 2. The molecular weight excluding hydrogens is 224 g/mol. The van der Waals surface area contributed by atoms with Gasteiger partial charge in [-0.3, -0.25) is 4.79 Å². The largest absolute Gasteiger partial charge is 0.387 e. The molecule has 3 heteroatoms. The monoisotopic (exact) mass is 246 g/mol. The fourth-order valence-electron chi connectivity index (χ4n) is 2.61. The normalized spacial score (nSPS) is 15.7. The van der Waals surface area contributed by atoms with Crippen LogP contribution in [0.1, 0.15) is 41.6 Å². The topological polar surface area (TPSA) is 41.1 Å². The van der Waals surface area contributed by atoms with Crippen molar-refractivity contribution in [3.63, 3.8) is 0 Å². The van der Waals surface area contributed by atoms with Crippen molar-refractivity contribution in [1.82, 2.24) is 5.32 Å². The third-order valence-electron chi connectivity index (χ3n) is 3.72. The average molecular weight is 246 g/mol. The van der Waals surface area contributed by atoms with Gasteiger partial charge in [0.2, 0.25) is 0 Å². The predicted molar refractivity (Wildman–Crippen MR) is 75.0 cm³/mol. The molecule has 1 aromatic rings. The molecule has 0 radical (unpaired) electrons. The van der Waals surface area contributed by atoms with E-state index >= 15 is 0 Å². The quantitative estimate of drug-likeness (QED) is 0.857. The number of benzene rings is 1. The molecule has 0 spiro atoms. The minimum Gasteiger partial charge on any atom is -0.387 e. The van der Waals surface area contributed by atoms with Crippen LogP contribution in [0, 0.1) is 12.8 Å². The summed E-state index contributed by atoms with van der Waals surface area (Å²) in [6, 6.07) is 5.91. The lowest BCUT2D eigenvalue weighted by molar-refractivity contribution is 0.0948. The van der Waals surface area contributed by atoms with E-state index in [0.29, 0.717) is 5.92 Å². The summed E-state index contributed by atoms with van der Waals surface area (Å²) in [5, 5.41) is 6.13. The lowest BCUT2D eigenvalue weighted by Crippen LogP contribution is -2.29. The summed E-state index contributed by atoms with van der Waals surface area (Å²) in [5.41, 5.74) is 2.75. The number of anilines is 1. The zero-order chi connectivity index (χ0) is 13.0. The van der Waals surface area contributed by atoms with Gasteiger partial charge in [0, 0.05) is 19.3 Å². The predicted octanol–water partition coefficient (Wildman–Crippen LogP) is 2.96. The summed E-state index contributed by atoms with van der Waals surface area (Å²) in [5.74, 6) is 0.715. The molecule has 0 bridgehead atoms. The summed E-state index contributed by atoms with van der Waals surface area (Å²) in [6.45, 7) is 2.82. The van der Waals surface area contributed by atoms with Crippen molar-refractivity contribution in [2.45, 2.75) is 32.6 Å². The van der Waals surface area contributed by atoms with Gasteiger partial charge in [0.25, 0.3) is 5.91 Å². The molecule has 2 rings (SSSR count). The standard InChI is InChI=1S/C15H22N2O/c1-11-7-8-14(16-2)13(9-11)15(18)17-10-12-5-3-4-6-12/h7-9,12,16H,3-6,10H2,1-2H3,(H,17,18). The molecule has 0 atom stereocenters. The molecule has 18 heavy (non-hydrogen) atoms. The molecule has 0 saturated heterocycles. The highest BCUT2D eigenvalue weighted by molar-refractivity contribution is 5.99. The first-order valence-corrected chi connectivity index (χ1v) is 6.77. The van der Waals surface area contributed by atoms with Gasteiger partial charge in [0.05, 0.1) is 5.56 Å². The van der Waals surface area contributed by atoms with Crippen molar-refractivity contribution >= 4 is 11.6 Å². The van der Waals surface area contributed by atoms with E-state index in [1.807, 2.05) is 32.2 Å². The molecule has 2 N–H and O–H groups in total. The van der Waals surface area contributed by atoms with E-state index in [-0.39, 0.29) is 5.91 Å². The van der Waals surface area contributed by atoms with Crippen LogP contribution < -0.4 is 10.6 Å². The van der Waals surface area contributed by atoms with E-state index in [2.05, 4.69) is 10.6 Å². The van der Waals surface area contributed by atoms with Crippen molar-refractivity contribution in [3.05, 3.63) is 29.3 Å². The van der Waals surface area contributed by atoms with Crippen LogP contribution >= 0.6 is 0 Å². The number of hydrogen-bond acceptors (Lipinski definition) is 2. The van der Waals surface area contributed by atoms with Gasteiger partial charge in [-0.1, -0.05) is 24.5 Å². The third-order valence-corrected chi connectivity index (χ3v) is 3.72. The lowest BCUT2D eigenvalue weighted by Gasteiger charge is -2.13. The molecule has 1 aromatic carbocycles. The fraction of sp³-hybridized carbons (Fsp3) is 0.533. The number of rotatable bonds is 4. The van der Waals surface area contributed by atoms with Gasteiger partial charge in [-0.15, -0.1) is 0 Å². The number of carbonyl (C=O) groups is 1. The highest BCUT2D eigenvalue weighted by Crippen LogP contribution is 2.24. The maximum Gasteiger partial charge on any atom is 0.253 e. The van der Waals surface area contributed by atoms with Gasteiger partial charge in [-0.05, 0) is 37.8 Å². The zero-order valence-electron chi connectivity index (χ0n) is 11.3. The summed E-state index contributed by atoms with van der Waals surface area (Å²) < 4.78 is 0. The Hall–Kier alpha value is -1.51. The van der Waals surface area contributed by atoms with E-state index in [4.69, 9.17) is 0 Å². The average Bonchev–Trinajstić information content (AvgIpc) is 2.89. The van der Waals surface area contributed by atoms with E-state index in [1.165, 1.54) is 25.7 Å². The highest BCUT2D eigenvalue weighted by Gasteiger charge is 2.17. The van der Waals surface area contributed by atoms with Crippen molar-refractivity contribution in [2.75, 3.05) is 18.9 Å². The molecule has 0 aromatic heterocycles. The van der Waals surface area contributed by atoms with Gasteiger partial charge in [-0.2, -0.15) is 0 Å². The van der Waals surface area contributed by atoms with E-state index in [9.17, 15) is 4.79 Å². The zero-order valence-corrected chi connectivity index (χ0v) is 11.3. The number of hydrogen-bond donors (Lipinski definition) is 2. The molecule has 1 aliphatic rings. The van der Waals surface area contributed by atoms with Crippen LogP contribution in [-0.2, 0) is 0 Å². The Balaban J connectivity index is 2.00. The summed E-state index contributed by atoms with van der Waals surface area (Å²) in [7, 11) is 1.85. The molecule has 1 saturated carbocycles. The first-order chi connectivity index (χ1) is 8.70. The Morgan fingerprint density at radius 1 is 1.33 bits per heavy atom. The van der Waals surface area contributed by atoms with Crippen molar-refractivity contribution in [3.8, 4) is 0 Å². The second-order valence-electron chi connectivity index (χ2n) is 5.16. The molecule has 1 fully saturated rings. The molecule has 0 aliphatic heterocycles. The van der Waals surface area contributed by atoms with E-state index < -0.39 is 0 Å².